The van der Waals surface area contributed by atoms with E-state index in [0.717, 1.165) is 30.3 Å². The number of hydrogen-bond acceptors (Lipinski definition) is 8. The van der Waals surface area contributed by atoms with Gasteiger partial charge in [0.1, 0.15) is 30.4 Å². The van der Waals surface area contributed by atoms with Gasteiger partial charge in [-0.25, -0.2) is 5.53 Å². The van der Waals surface area contributed by atoms with Crippen LogP contribution in [0.1, 0.15) is 0 Å². The normalized spacial score (nSPS) is 14.5. The summed E-state index contributed by atoms with van der Waals surface area (Å²) in [5.74, 6) is 3.46. The Hall–Kier alpha value is -1.51. The number of hydrogen-bond donors (Lipinski definition) is 1. The van der Waals surface area contributed by atoms with Crippen LogP contribution in [-0.2, 0) is 9.47 Å². The number of methoxy groups -OCH3 is 2. The summed E-state index contributed by atoms with van der Waals surface area (Å²) in [6, 6.07) is 3.68. The fourth-order valence-corrected chi connectivity index (χ4v) is 3.28. The molecule has 1 aromatic carbocycles. The fraction of sp³-hybridized carbons (Fsp3) is 0.625. The smallest absolute Gasteiger partial charge is 0.149 e. The molecule has 1 aliphatic heterocycles. The van der Waals surface area contributed by atoms with Crippen LogP contribution >= 0.6 is 11.8 Å². The zero-order valence-corrected chi connectivity index (χ0v) is 15.1. The van der Waals surface area contributed by atoms with E-state index in [1.807, 2.05) is 17.8 Å². The van der Waals surface area contributed by atoms with Gasteiger partial charge in [-0.2, -0.15) is 16.9 Å². The topological polar surface area (TPSA) is 76.4 Å². The van der Waals surface area contributed by atoms with Gasteiger partial charge in [-0.1, -0.05) is 0 Å². The van der Waals surface area contributed by atoms with Crippen molar-refractivity contribution < 1.29 is 18.9 Å². The lowest BCUT2D eigenvalue weighted by atomic mass is 10.2. The molecule has 0 amide bonds. The zero-order valence-electron chi connectivity index (χ0n) is 14.2. The third kappa shape index (κ3) is 5.25. The number of anilines is 1. The number of ether oxygens (including phenoxy) is 4. The molecule has 2 rings (SSSR count). The summed E-state index contributed by atoms with van der Waals surface area (Å²) in [7, 11) is 3.27. The Morgan fingerprint density at radius 3 is 2.21 bits per heavy atom. The summed E-state index contributed by atoms with van der Waals surface area (Å²) < 4.78 is 21.7. The highest BCUT2D eigenvalue weighted by Gasteiger charge is 2.19. The molecule has 0 aliphatic carbocycles. The van der Waals surface area contributed by atoms with Gasteiger partial charge >= 0.3 is 0 Å². The average molecular weight is 355 g/mol. The first kappa shape index (κ1) is 18.8. The molecule has 0 radical (unpaired) electrons. The van der Waals surface area contributed by atoms with E-state index >= 15 is 0 Å². The highest BCUT2D eigenvalue weighted by molar-refractivity contribution is 7.99. The molecule has 1 heterocycles. The fourth-order valence-electron chi connectivity index (χ4n) is 2.38. The van der Waals surface area contributed by atoms with Gasteiger partial charge < -0.3 is 23.8 Å². The number of thioether (sulfide) groups is 1. The Morgan fingerprint density at radius 1 is 1.00 bits per heavy atom. The van der Waals surface area contributed by atoms with E-state index in [2.05, 4.69) is 10.0 Å². The van der Waals surface area contributed by atoms with E-state index < -0.39 is 0 Å². The highest BCUT2D eigenvalue weighted by atomic mass is 32.2. The molecule has 134 valence electrons. The molecule has 0 unspecified atom stereocenters. The number of nitrogens with zero attached hydrogens (tertiary/aromatic N) is 2. The van der Waals surface area contributed by atoms with Crippen LogP contribution in [-0.4, -0.2) is 65.2 Å². The third-order valence-electron chi connectivity index (χ3n) is 3.60. The second-order valence-corrected chi connectivity index (χ2v) is 6.41. The lowest BCUT2D eigenvalue weighted by Gasteiger charge is -2.30. The molecule has 1 N–H and O–H groups in total. The van der Waals surface area contributed by atoms with Crippen molar-refractivity contribution in [1.29, 1.82) is 5.53 Å². The minimum absolute atomic E-state index is 0.415. The van der Waals surface area contributed by atoms with E-state index in [1.54, 1.807) is 20.3 Å². The van der Waals surface area contributed by atoms with Gasteiger partial charge in [0.15, 0.2) is 0 Å². The van der Waals surface area contributed by atoms with E-state index in [-0.39, 0.29) is 0 Å². The van der Waals surface area contributed by atoms with Crippen LogP contribution in [0.4, 0.5) is 11.4 Å². The summed E-state index contributed by atoms with van der Waals surface area (Å²) in [6.07, 6.45) is 0. The largest absolute Gasteiger partial charge is 0.489 e. The highest BCUT2D eigenvalue weighted by Crippen LogP contribution is 2.41. The molecule has 0 atom stereocenters. The van der Waals surface area contributed by atoms with Gasteiger partial charge in [0.25, 0.3) is 0 Å². The lowest BCUT2D eigenvalue weighted by molar-refractivity contribution is 0.145. The number of rotatable bonds is 10. The molecule has 1 aromatic rings. The molecule has 1 saturated heterocycles. The van der Waals surface area contributed by atoms with Crippen LogP contribution in [0.15, 0.2) is 17.2 Å². The van der Waals surface area contributed by atoms with E-state index in [0.29, 0.717) is 43.6 Å². The molecule has 8 heteroatoms. The Kier molecular flexibility index (Phi) is 8.14. The summed E-state index contributed by atoms with van der Waals surface area (Å²) in [6.45, 7) is 3.78. The predicted molar refractivity (Wildman–Crippen MR) is 95.5 cm³/mol. The monoisotopic (exact) mass is 355 g/mol. The predicted octanol–water partition coefficient (Wildman–Crippen LogP) is 2.95. The maximum atomic E-state index is 7.41. The van der Waals surface area contributed by atoms with Gasteiger partial charge in [-0.15, -0.1) is 0 Å². The average Bonchev–Trinajstić information content (AvgIpc) is 2.63. The van der Waals surface area contributed by atoms with Crippen molar-refractivity contribution in [2.24, 2.45) is 5.11 Å². The summed E-state index contributed by atoms with van der Waals surface area (Å²) in [4.78, 5) is 2.29. The molecule has 0 bridgehead atoms. The first-order valence-electron chi connectivity index (χ1n) is 7.91. The van der Waals surface area contributed by atoms with E-state index in [9.17, 15) is 0 Å². The van der Waals surface area contributed by atoms with Crippen molar-refractivity contribution in [3.63, 3.8) is 0 Å². The maximum absolute atomic E-state index is 7.41. The minimum atomic E-state index is 0.415. The minimum Gasteiger partial charge on any atom is -0.489 e. The molecular formula is C16H25N3O4S. The number of nitrogens with one attached hydrogen (secondary N) is 1. The Labute approximate surface area is 147 Å². The van der Waals surface area contributed by atoms with Crippen LogP contribution in [0.25, 0.3) is 0 Å². The standard InChI is InChI=1S/C16H25N3O4S/c1-20-5-7-22-15-12-14(19-3-9-24-10-4-19)16(11-13(15)18-17)23-8-6-21-2/h11-12,17H,3-10H2,1-2H3. The summed E-state index contributed by atoms with van der Waals surface area (Å²) in [5, 5.41) is 3.57. The van der Waals surface area contributed by atoms with Crippen molar-refractivity contribution in [3.8, 4) is 11.5 Å². The summed E-state index contributed by atoms with van der Waals surface area (Å²) >= 11 is 1.95. The van der Waals surface area contributed by atoms with Gasteiger partial charge in [-0.05, 0) is 0 Å². The Morgan fingerprint density at radius 2 is 1.62 bits per heavy atom. The quantitative estimate of drug-likeness (QED) is 0.514. The van der Waals surface area contributed by atoms with Crippen molar-refractivity contribution in [2.75, 3.05) is 70.1 Å². The SMILES string of the molecule is COCCOc1cc(N2CCSCC2)c(OCCOC)cc1N=N. The van der Waals surface area contributed by atoms with Crippen molar-refractivity contribution in [2.45, 2.75) is 0 Å². The second-order valence-electron chi connectivity index (χ2n) is 5.18. The zero-order chi connectivity index (χ0) is 17.2. The molecule has 1 fully saturated rings. The first-order valence-corrected chi connectivity index (χ1v) is 9.07. The van der Waals surface area contributed by atoms with Crippen LogP contribution < -0.4 is 14.4 Å². The molecule has 7 nitrogen and oxygen atoms in total. The molecule has 0 spiro atoms. The van der Waals surface area contributed by atoms with Crippen molar-refractivity contribution >= 4 is 23.1 Å². The van der Waals surface area contributed by atoms with Gasteiger partial charge in [0, 0.05) is 50.9 Å². The van der Waals surface area contributed by atoms with Gasteiger partial charge in [-0.3, -0.25) is 0 Å². The van der Waals surface area contributed by atoms with Crippen LogP contribution in [0.3, 0.4) is 0 Å². The molecule has 0 aromatic heterocycles. The molecular weight excluding hydrogens is 330 g/mol. The van der Waals surface area contributed by atoms with Crippen LogP contribution in [0.2, 0.25) is 0 Å². The van der Waals surface area contributed by atoms with E-state index in [1.165, 1.54) is 0 Å². The molecule has 24 heavy (non-hydrogen) atoms. The molecule has 1 aliphatic rings. The maximum Gasteiger partial charge on any atom is 0.149 e. The Bertz CT molecular complexity index is 524. The third-order valence-corrected chi connectivity index (χ3v) is 4.55. The van der Waals surface area contributed by atoms with Crippen molar-refractivity contribution in [3.05, 3.63) is 12.1 Å². The van der Waals surface area contributed by atoms with Crippen LogP contribution in [0, 0.1) is 5.53 Å². The number of benzene rings is 1. The van der Waals surface area contributed by atoms with Crippen LogP contribution in [0.5, 0.6) is 11.5 Å². The first-order chi connectivity index (χ1) is 11.8. The second kappa shape index (κ2) is 10.4. The lowest BCUT2D eigenvalue weighted by Crippen LogP contribution is -2.32. The summed E-state index contributed by atoms with van der Waals surface area (Å²) in [5.41, 5.74) is 8.84. The van der Waals surface area contributed by atoms with E-state index in [4.69, 9.17) is 24.5 Å². The Balaban J connectivity index is 2.26. The molecule has 0 saturated carbocycles. The van der Waals surface area contributed by atoms with Gasteiger partial charge in [0.2, 0.25) is 0 Å². The van der Waals surface area contributed by atoms with Crippen molar-refractivity contribution in [1.82, 2.24) is 0 Å². The van der Waals surface area contributed by atoms with Gasteiger partial charge in [0.05, 0.1) is 18.9 Å².